The summed E-state index contributed by atoms with van der Waals surface area (Å²) in [6, 6.07) is 6.96. The minimum Gasteiger partial charge on any atom is -0.345 e. The maximum absolute atomic E-state index is 14.1. The van der Waals surface area contributed by atoms with Crippen LogP contribution in [0, 0.1) is 6.92 Å². The Hall–Kier alpha value is -2.79. The molecular weight excluding hydrogens is 537 g/mol. The third kappa shape index (κ3) is 7.60. The second-order valence-corrected chi connectivity index (χ2v) is 9.07. The first kappa shape index (κ1) is 29.4. The summed E-state index contributed by atoms with van der Waals surface area (Å²) in [5.74, 6) is -2.76. The number of amides is 2. The lowest BCUT2D eigenvalue weighted by atomic mass is 9.76. The highest BCUT2D eigenvalue weighted by Gasteiger charge is 2.53. The molecule has 2 rings (SSSR count). The van der Waals surface area contributed by atoms with E-state index in [-0.39, 0.29) is 32.3 Å². The van der Waals surface area contributed by atoms with Crippen LogP contribution in [0.25, 0.3) is 0 Å². The van der Waals surface area contributed by atoms with Crippen LogP contribution in [0.15, 0.2) is 36.4 Å². The third-order valence-electron chi connectivity index (χ3n) is 5.33. The fourth-order valence-electron chi connectivity index (χ4n) is 3.27. The molecule has 1 unspecified atom stereocenters. The minimum atomic E-state index is -4.84. The minimum absolute atomic E-state index is 0.0182. The summed E-state index contributed by atoms with van der Waals surface area (Å²) >= 11 is 11.7. The van der Waals surface area contributed by atoms with Gasteiger partial charge in [0.05, 0.1) is 12.0 Å². The molecule has 2 aromatic rings. The van der Waals surface area contributed by atoms with Crippen LogP contribution in [0.4, 0.5) is 26.3 Å². The van der Waals surface area contributed by atoms with E-state index in [0.717, 1.165) is 25.1 Å². The van der Waals surface area contributed by atoms with Gasteiger partial charge in [-0.3, -0.25) is 14.4 Å². The maximum atomic E-state index is 14.1. The number of hydrogen-bond acceptors (Lipinski definition) is 3. The molecule has 0 fully saturated rings. The van der Waals surface area contributed by atoms with E-state index in [1.165, 1.54) is 25.1 Å². The van der Waals surface area contributed by atoms with Gasteiger partial charge in [-0.2, -0.15) is 26.3 Å². The Labute approximate surface area is 212 Å². The van der Waals surface area contributed by atoms with Crippen LogP contribution in [0.2, 0.25) is 10.0 Å². The van der Waals surface area contributed by atoms with Crippen molar-refractivity contribution in [3.63, 3.8) is 0 Å². The van der Waals surface area contributed by atoms with Gasteiger partial charge in [0, 0.05) is 27.6 Å². The summed E-state index contributed by atoms with van der Waals surface area (Å²) < 4.78 is 78.6. The zero-order valence-electron chi connectivity index (χ0n) is 18.8. The number of carbonyl (C=O) groups is 3. The van der Waals surface area contributed by atoms with E-state index >= 15 is 0 Å². The second-order valence-electron chi connectivity index (χ2n) is 8.19. The number of nitrogens with one attached hydrogen (secondary N) is 2. The predicted octanol–water partition coefficient (Wildman–Crippen LogP) is 5.80. The van der Waals surface area contributed by atoms with Crippen molar-refractivity contribution in [1.29, 1.82) is 0 Å². The Morgan fingerprint density at radius 1 is 0.889 bits per heavy atom. The number of Topliss-reactive ketones (excluding diaryl/α,β-unsaturated/α-hetero) is 1. The van der Waals surface area contributed by atoms with Gasteiger partial charge < -0.3 is 10.6 Å². The van der Waals surface area contributed by atoms with Gasteiger partial charge in [0.25, 0.3) is 5.91 Å². The molecule has 0 saturated heterocycles. The van der Waals surface area contributed by atoms with E-state index in [4.69, 9.17) is 23.2 Å². The summed E-state index contributed by atoms with van der Waals surface area (Å²) in [5, 5.41) is 3.67. The van der Waals surface area contributed by atoms with Gasteiger partial charge in [-0.15, -0.1) is 0 Å². The third-order valence-corrected chi connectivity index (χ3v) is 5.76. The first-order chi connectivity index (χ1) is 16.4. The van der Waals surface area contributed by atoms with Gasteiger partial charge in [-0.05, 0) is 55.3 Å². The molecule has 2 aromatic carbocycles. The van der Waals surface area contributed by atoms with Crippen LogP contribution in [-0.4, -0.2) is 43.0 Å². The highest BCUT2D eigenvalue weighted by atomic mass is 35.5. The molecule has 2 N–H and O–H groups in total. The molecule has 5 nitrogen and oxygen atoms in total. The number of halogens is 8. The first-order valence-corrected chi connectivity index (χ1v) is 11.0. The van der Waals surface area contributed by atoms with E-state index < -0.39 is 54.9 Å². The van der Waals surface area contributed by atoms with Gasteiger partial charge in [0.2, 0.25) is 5.91 Å². The fourth-order valence-corrected chi connectivity index (χ4v) is 3.80. The van der Waals surface area contributed by atoms with Gasteiger partial charge in [0.1, 0.15) is 6.54 Å². The van der Waals surface area contributed by atoms with Crippen LogP contribution in [0.5, 0.6) is 0 Å². The normalized spacial score (nSPS) is 13.6. The number of ketones is 1. The summed E-state index contributed by atoms with van der Waals surface area (Å²) in [5.41, 5.74) is -2.83. The Morgan fingerprint density at radius 3 is 1.97 bits per heavy atom. The summed E-state index contributed by atoms with van der Waals surface area (Å²) in [4.78, 5) is 36.6. The number of benzene rings is 2. The Balaban J connectivity index is 2.18. The SMILES string of the molecule is Cc1cc(C(=O)CC(C)(c2cc(Cl)cc(Cl)c2)C(F)(F)F)ccc1C(=O)NCC(=O)NCC(F)(F)F. The summed E-state index contributed by atoms with van der Waals surface area (Å²) in [7, 11) is 0. The Bertz CT molecular complexity index is 1150. The van der Waals surface area contributed by atoms with Gasteiger partial charge in [-0.25, -0.2) is 0 Å². The quantitative estimate of drug-likeness (QED) is 0.318. The lowest BCUT2D eigenvalue weighted by Crippen LogP contribution is -2.41. The van der Waals surface area contributed by atoms with Crippen molar-refractivity contribution >= 4 is 40.8 Å². The monoisotopic (exact) mass is 556 g/mol. The molecule has 196 valence electrons. The van der Waals surface area contributed by atoms with Crippen molar-refractivity contribution in [3.05, 3.63) is 68.7 Å². The molecule has 0 aromatic heterocycles. The average Bonchev–Trinajstić information content (AvgIpc) is 2.73. The first-order valence-electron chi connectivity index (χ1n) is 10.2. The molecule has 0 aliphatic carbocycles. The zero-order valence-corrected chi connectivity index (χ0v) is 20.3. The molecule has 0 spiro atoms. The molecule has 1 atom stereocenters. The molecule has 13 heteroatoms. The van der Waals surface area contributed by atoms with E-state index in [2.05, 4.69) is 5.32 Å². The highest BCUT2D eigenvalue weighted by molar-refractivity contribution is 6.34. The number of carbonyl (C=O) groups excluding carboxylic acids is 3. The van der Waals surface area contributed by atoms with Gasteiger partial charge in [-0.1, -0.05) is 29.3 Å². The molecule has 2 amide bonds. The lowest BCUT2D eigenvalue weighted by molar-refractivity contribution is -0.184. The molecule has 0 radical (unpaired) electrons. The number of alkyl halides is 6. The summed E-state index contributed by atoms with van der Waals surface area (Å²) in [6.45, 7) is -0.0303. The summed E-state index contributed by atoms with van der Waals surface area (Å²) in [6.07, 6.45) is -10.4. The molecular formula is C23H20Cl2F6N2O3. The standard InChI is InChI=1S/C23H20Cl2F6N2O3/c1-12-5-13(3-4-17(12)20(36)32-10-19(35)33-11-22(26,27)28)18(34)9-21(2,23(29,30)31)14-6-15(24)8-16(25)7-14/h3-8H,9-11H2,1-2H3,(H,32,36)(H,33,35). The van der Waals surface area contributed by atoms with Crippen LogP contribution >= 0.6 is 23.2 Å². The number of aryl methyl sites for hydroxylation is 1. The molecule has 0 aliphatic heterocycles. The smallest absolute Gasteiger partial charge is 0.345 e. The van der Waals surface area contributed by atoms with E-state index in [9.17, 15) is 40.7 Å². The Kier molecular flexibility index (Phi) is 9.06. The maximum Gasteiger partial charge on any atom is 0.405 e. The largest absolute Gasteiger partial charge is 0.405 e. The van der Waals surface area contributed by atoms with Crippen LogP contribution in [0.3, 0.4) is 0 Å². The molecule has 0 heterocycles. The van der Waals surface area contributed by atoms with Crippen molar-refractivity contribution in [1.82, 2.24) is 10.6 Å². The molecule has 0 saturated carbocycles. The van der Waals surface area contributed by atoms with Crippen molar-refractivity contribution in [2.75, 3.05) is 13.1 Å². The number of hydrogen-bond donors (Lipinski definition) is 2. The molecule has 36 heavy (non-hydrogen) atoms. The van der Waals surface area contributed by atoms with E-state index in [0.29, 0.717) is 0 Å². The number of rotatable bonds is 8. The van der Waals surface area contributed by atoms with Crippen molar-refractivity contribution in [2.45, 2.75) is 38.0 Å². The average molecular weight is 557 g/mol. The highest BCUT2D eigenvalue weighted by Crippen LogP contribution is 2.45. The van der Waals surface area contributed by atoms with E-state index in [1.807, 2.05) is 0 Å². The lowest BCUT2D eigenvalue weighted by Gasteiger charge is -2.32. The van der Waals surface area contributed by atoms with Crippen LogP contribution in [0.1, 0.15) is 45.2 Å². The van der Waals surface area contributed by atoms with Crippen molar-refractivity contribution < 1.29 is 40.7 Å². The Morgan fingerprint density at radius 2 is 1.47 bits per heavy atom. The topological polar surface area (TPSA) is 75.3 Å². The van der Waals surface area contributed by atoms with Gasteiger partial charge in [0.15, 0.2) is 5.78 Å². The van der Waals surface area contributed by atoms with Gasteiger partial charge >= 0.3 is 12.4 Å². The van der Waals surface area contributed by atoms with Crippen molar-refractivity contribution in [2.24, 2.45) is 0 Å². The molecule has 0 aliphatic rings. The zero-order chi connectivity index (χ0) is 27.5. The van der Waals surface area contributed by atoms with E-state index in [1.54, 1.807) is 5.32 Å². The second kappa shape index (κ2) is 11.1. The van der Waals surface area contributed by atoms with Crippen LogP contribution < -0.4 is 10.6 Å². The fraction of sp³-hybridized carbons (Fsp3) is 0.348. The molecule has 0 bridgehead atoms. The van der Waals surface area contributed by atoms with Crippen LogP contribution in [-0.2, 0) is 10.2 Å². The van der Waals surface area contributed by atoms with Crippen molar-refractivity contribution in [3.8, 4) is 0 Å². The predicted molar refractivity (Wildman–Crippen MR) is 121 cm³/mol.